The van der Waals surface area contributed by atoms with Crippen molar-refractivity contribution in [3.63, 3.8) is 0 Å². The normalized spacial score (nSPS) is 17.2. The molecule has 3 rings (SSSR count). The maximum atomic E-state index is 12.1. The van der Waals surface area contributed by atoms with Gasteiger partial charge in [0.05, 0.1) is 6.42 Å². The Balaban J connectivity index is 1.62. The third kappa shape index (κ3) is 2.96. The highest BCUT2D eigenvalue weighted by atomic mass is 32.1. The second-order valence-corrected chi connectivity index (χ2v) is 7.48. The number of carbonyl (C=O) groups excluding carboxylic acids is 1. The van der Waals surface area contributed by atoms with Crippen LogP contribution in [0.1, 0.15) is 35.4 Å². The van der Waals surface area contributed by atoms with E-state index in [9.17, 15) is 4.79 Å². The molecule has 0 unspecified atom stereocenters. The molecule has 0 saturated heterocycles. The molecule has 1 aliphatic rings. The fourth-order valence-corrected chi connectivity index (χ4v) is 4.73. The summed E-state index contributed by atoms with van der Waals surface area (Å²) in [5, 5.41) is 7.33. The van der Waals surface area contributed by atoms with E-state index in [2.05, 4.69) is 22.8 Å². The first kappa shape index (κ1) is 13.8. The Labute approximate surface area is 127 Å². The summed E-state index contributed by atoms with van der Waals surface area (Å²) in [5.41, 5.74) is 0.194. The summed E-state index contributed by atoms with van der Waals surface area (Å²) in [4.78, 5) is 14.7. The highest BCUT2D eigenvalue weighted by Gasteiger charge is 2.36. The number of nitrogens with one attached hydrogen (secondary N) is 1. The molecule has 2 nitrogen and oxygen atoms in total. The zero-order valence-corrected chi connectivity index (χ0v) is 13.1. The molecule has 106 valence electrons. The molecular weight excluding hydrogens is 286 g/mol. The van der Waals surface area contributed by atoms with Gasteiger partial charge in [-0.15, -0.1) is 22.7 Å². The summed E-state index contributed by atoms with van der Waals surface area (Å²) in [6.07, 6.45) is 5.47. The molecule has 1 aliphatic carbocycles. The van der Waals surface area contributed by atoms with Crippen LogP contribution in [-0.4, -0.2) is 12.5 Å². The molecule has 0 aliphatic heterocycles. The summed E-state index contributed by atoms with van der Waals surface area (Å²) in [7, 11) is 0. The van der Waals surface area contributed by atoms with Crippen LogP contribution >= 0.6 is 22.7 Å². The van der Waals surface area contributed by atoms with Crippen LogP contribution in [0.5, 0.6) is 0 Å². The number of thiophene rings is 2. The second-order valence-electron chi connectivity index (χ2n) is 5.50. The molecule has 2 heterocycles. The Morgan fingerprint density at radius 2 is 1.90 bits per heavy atom. The van der Waals surface area contributed by atoms with E-state index in [4.69, 9.17) is 0 Å². The van der Waals surface area contributed by atoms with E-state index >= 15 is 0 Å². The monoisotopic (exact) mass is 305 g/mol. The van der Waals surface area contributed by atoms with Crippen molar-refractivity contribution in [3.8, 4) is 0 Å². The van der Waals surface area contributed by atoms with Crippen LogP contribution in [0.25, 0.3) is 0 Å². The molecule has 1 saturated carbocycles. The van der Waals surface area contributed by atoms with Gasteiger partial charge in [0.1, 0.15) is 0 Å². The molecule has 2 aromatic rings. The number of carbonyl (C=O) groups is 1. The van der Waals surface area contributed by atoms with Crippen molar-refractivity contribution in [1.29, 1.82) is 0 Å². The Hall–Kier alpha value is -1.13. The molecule has 0 spiro atoms. The number of hydrogen-bond donors (Lipinski definition) is 1. The Kier molecular flexibility index (Phi) is 4.22. The SMILES string of the molecule is O=C(Cc1cccs1)NCC1(c2cccs2)CCCC1. The smallest absolute Gasteiger partial charge is 0.225 e. The van der Waals surface area contributed by atoms with Gasteiger partial charge in [0, 0.05) is 21.7 Å². The van der Waals surface area contributed by atoms with Gasteiger partial charge in [-0.3, -0.25) is 4.79 Å². The summed E-state index contributed by atoms with van der Waals surface area (Å²) >= 11 is 3.47. The number of hydrogen-bond acceptors (Lipinski definition) is 3. The highest BCUT2D eigenvalue weighted by Crippen LogP contribution is 2.42. The fraction of sp³-hybridized carbons (Fsp3) is 0.438. The molecular formula is C16H19NOS2. The lowest BCUT2D eigenvalue weighted by Gasteiger charge is -2.28. The van der Waals surface area contributed by atoms with Gasteiger partial charge in [-0.05, 0) is 35.7 Å². The second kappa shape index (κ2) is 6.10. The molecule has 0 bridgehead atoms. The zero-order chi connectivity index (χ0) is 13.8. The Morgan fingerprint density at radius 1 is 1.15 bits per heavy atom. The van der Waals surface area contributed by atoms with Gasteiger partial charge in [-0.1, -0.05) is 25.0 Å². The number of amides is 1. The first-order valence-corrected chi connectivity index (χ1v) is 8.88. The molecule has 20 heavy (non-hydrogen) atoms. The van der Waals surface area contributed by atoms with E-state index < -0.39 is 0 Å². The summed E-state index contributed by atoms with van der Waals surface area (Å²) in [5.74, 6) is 0.148. The van der Waals surface area contributed by atoms with Crippen molar-refractivity contribution >= 4 is 28.6 Å². The van der Waals surface area contributed by atoms with Gasteiger partial charge < -0.3 is 5.32 Å². The van der Waals surface area contributed by atoms with Gasteiger partial charge in [0.25, 0.3) is 0 Å². The van der Waals surface area contributed by atoms with Crippen LogP contribution in [-0.2, 0) is 16.6 Å². The van der Waals surface area contributed by atoms with Crippen molar-refractivity contribution in [2.75, 3.05) is 6.54 Å². The predicted octanol–water partition coefficient (Wildman–Crippen LogP) is 3.98. The predicted molar refractivity (Wildman–Crippen MR) is 85.5 cm³/mol. The minimum atomic E-state index is 0.148. The largest absolute Gasteiger partial charge is 0.355 e. The lowest BCUT2D eigenvalue weighted by atomic mass is 9.84. The van der Waals surface area contributed by atoms with Crippen LogP contribution in [0.15, 0.2) is 35.0 Å². The van der Waals surface area contributed by atoms with Gasteiger partial charge in [-0.25, -0.2) is 0 Å². The molecule has 1 fully saturated rings. The van der Waals surface area contributed by atoms with Crippen LogP contribution in [0, 0.1) is 0 Å². The molecule has 1 amide bonds. The van der Waals surface area contributed by atoms with E-state index in [-0.39, 0.29) is 11.3 Å². The Morgan fingerprint density at radius 3 is 2.55 bits per heavy atom. The molecule has 0 radical (unpaired) electrons. The molecule has 4 heteroatoms. The third-order valence-corrected chi connectivity index (χ3v) is 6.14. The first-order valence-electron chi connectivity index (χ1n) is 7.12. The Bertz CT molecular complexity index is 539. The fourth-order valence-electron chi connectivity index (χ4n) is 3.04. The van der Waals surface area contributed by atoms with Crippen molar-refractivity contribution in [1.82, 2.24) is 5.32 Å². The molecule has 0 atom stereocenters. The van der Waals surface area contributed by atoms with Crippen molar-refractivity contribution in [3.05, 3.63) is 44.8 Å². The van der Waals surface area contributed by atoms with E-state index in [1.54, 1.807) is 11.3 Å². The van der Waals surface area contributed by atoms with Crippen molar-refractivity contribution in [2.45, 2.75) is 37.5 Å². The van der Waals surface area contributed by atoms with Crippen LogP contribution in [0.3, 0.4) is 0 Å². The van der Waals surface area contributed by atoms with Gasteiger partial charge in [-0.2, -0.15) is 0 Å². The minimum Gasteiger partial charge on any atom is -0.355 e. The van der Waals surface area contributed by atoms with Crippen molar-refractivity contribution < 1.29 is 4.79 Å². The lowest BCUT2D eigenvalue weighted by molar-refractivity contribution is -0.120. The zero-order valence-electron chi connectivity index (χ0n) is 11.4. The average molecular weight is 305 g/mol. The molecule has 0 aromatic carbocycles. The van der Waals surface area contributed by atoms with E-state index in [1.165, 1.54) is 30.6 Å². The maximum Gasteiger partial charge on any atom is 0.225 e. The third-order valence-electron chi connectivity index (χ3n) is 4.14. The van der Waals surface area contributed by atoms with Crippen LogP contribution in [0.2, 0.25) is 0 Å². The summed E-state index contributed by atoms with van der Waals surface area (Å²) < 4.78 is 0. The van der Waals surface area contributed by atoms with Crippen LogP contribution in [0.4, 0.5) is 0 Å². The topological polar surface area (TPSA) is 29.1 Å². The molecule has 1 N–H and O–H groups in total. The van der Waals surface area contributed by atoms with E-state index in [0.29, 0.717) is 6.42 Å². The summed E-state index contributed by atoms with van der Waals surface area (Å²) in [6.45, 7) is 0.789. The average Bonchev–Trinajstić information content (AvgIpc) is 3.18. The lowest BCUT2D eigenvalue weighted by Crippen LogP contribution is -2.39. The quantitative estimate of drug-likeness (QED) is 0.889. The number of rotatable bonds is 5. The van der Waals surface area contributed by atoms with Gasteiger partial charge >= 0.3 is 0 Å². The van der Waals surface area contributed by atoms with Gasteiger partial charge in [0.2, 0.25) is 5.91 Å². The standard InChI is InChI=1S/C16H19NOS2/c18-15(11-13-5-3-9-19-13)17-12-16(7-1-2-8-16)14-6-4-10-20-14/h3-6,9-10H,1-2,7-8,11-12H2,(H,17,18). The highest BCUT2D eigenvalue weighted by molar-refractivity contribution is 7.10. The van der Waals surface area contributed by atoms with Gasteiger partial charge in [0.15, 0.2) is 0 Å². The first-order chi connectivity index (χ1) is 9.78. The van der Waals surface area contributed by atoms with E-state index in [1.807, 2.05) is 28.8 Å². The minimum absolute atomic E-state index is 0.148. The van der Waals surface area contributed by atoms with Crippen molar-refractivity contribution in [2.24, 2.45) is 0 Å². The van der Waals surface area contributed by atoms with E-state index in [0.717, 1.165) is 11.4 Å². The summed E-state index contributed by atoms with van der Waals surface area (Å²) in [6, 6.07) is 8.36. The molecule has 2 aromatic heterocycles. The maximum absolute atomic E-state index is 12.1. The van der Waals surface area contributed by atoms with Crippen LogP contribution < -0.4 is 5.32 Å².